The molecule has 0 amide bonds. The van der Waals surface area contributed by atoms with Gasteiger partial charge in [-0.25, -0.2) is 0 Å². The lowest BCUT2D eigenvalue weighted by Gasteiger charge is -2.14. The van der Waals surface area contributed by atoms with Gasteiger partial charge in [0.1, 0.15) is 5.69 Å². The van der Waals surface area contributed by atoms with E-state index in [1.807, 2.05) is 30.3 Å². The second-order valence-corrected chi connectivity index (χ2v) is 5.06. The van der Waals surface area contributed by atoms with Crippen LogP contribution in [-0.4, -0.2) is 10.8 Å². The molecule has 0 radical (unpaired) electrons. The molecule has 0 saturated carbocycles. The highest BCUT2D eigenvalue weighted by Gasteiger charge is 2.42. The van der Waals surface area contributed by atoms with E-state index < -0.39 is 17.4 Å². The van der Waals surface area contributed by atoms with Crippen LogP contribution in [0.4, 0.5) is 8.78 Å². The number of pyridine rings is 1. The number of hydrogen-bond donors (Lipinski definition) is 0. The van der Waals surface area contributed by atoms with Crippen molar-refractivity contribution in [3.05, 3.63) is 90.3 Å². The van der Waals surface area contributed by atoms with Gasteiger partial charge in [-0.15, -0.1) is 0 Å². The first kappa shape index (κ1) is 15.0. The topological polar surface area (TPSA) is 30.0 Å². The van der Waals surface area contributed by atoms with Gasteiger partial charge in [0.05, 0.1) is 0 Å². The smallest absolute Gasteiger partial charge is 0.287 e. The van der Waals surface area contributed by atoms with Crippen molar-refractivity contribution < 1.29 is 13.6 Å². The lowest BCUT2D eigenvalue weighted by Crippen LogP contribution is -2.27. The standard InChI is InChI=1S/C19H13F2NO/c20-19(21,17-8-4-5-13-22-17)18(23)16-11-9-15(10-12-16)14-6-2-1-3-7-14/h1-13H. The average Bonchev–Trinajstić information content (AvgIpc) is 2.63. The summed E-state index contributed by atoms with van der Waals surface area (Å²) in [6.07, 6.45) is 1.25. The Morgan fingerprint density at radius 2 is 1.39 bits per heavy atom. The molecule has 3 rings (SSSR count). The van der Waals surface area contributed by atoms with E-state index in [9.17, 15) is 13.6 Å². The number of rotatable bonds is 4. The molecule has 4 heteroatoms. The minimum atomic E-state index is -3.64. The van der Waals surface area contributed by atoms with Crippen LogP contribution < -0.4 is 0 Å². The normalized spacial score (nSPS) is 11.2. The molecule has 23 heavy (non-hydrogen) atoms. The molecule has 0 atom stereocenters. The van der Waals surface area contributed by atoms with Crippen molar-refractivity contribution in [1.29, 1.82) is 0 Å². The maximum Gasteiger partial charge on any atom is 0.351 e. The molecular formula is C19H13F2NO. The number of hydrogen-bond acceptors (Lipinski definition) is 2. The fraction of sp³-hybridized carbons (Fsp3) is 0.0526. The van der Waals surface area contributed by atoms with Crippen molar-refractivity contribution >= 4 is 5.78 Å². The molecule has 0 spiro atoms. The van der Waals surface area contributed by atoms with E-state index in [4.69, 9.17) is 0 Å². The summed E-state index contributed by atoms with van der Waals surface area (Å²) in [7, 11) is 0. The second-order valence-electron chi connectivity index (χ2n) is 5.06. The van der Waals surface area contributed by atoms with E-state index in [1.165, 1.54) is 30.5 Å². The number of carbonyl (C=O) groups excluding carboxylic acids is 1. The Kier molecular flexibility index (Phi) is 3.98. The molecule has 0 bridgehead atoms. The summed E-state index contributed by atoms with van der Waals surface area (Å²) in [4.78, 5) is 15.7. The number of halogens is 2. The van der Waals surface area contributed by atoms with Crippen molar-refractivity contribution in [2.45, 2.75) is 5.92 Å². The van der Waals surface area contributed by atoms with Gasteiger partial charge in [-0.2, -0.15) is 8.78 Å². The summed E-state index contributed by atoms with van der Waals surface area (Å²) in [5, 5.41) is 0. The number of benzene rings is 2. The summed E-state index contributed by atoms with van der Waals surface area (Å²) in [5.74, 6) is -4.90. The van der Waals surface area contributed by atoms with Crippen LogP contribution in [0, 0.1) is 0 Å². The fourth-order valence-corrected chi connectivity index (χ4v) is 2.29. The third-order valence-corrected chi connectivity index (χ3v) is 3.53. The van der Waals surface area contributed by atoms with Crippen LogP contribution in [0.5, 0.6) is 0 Å². The van der Waals surface area contributed by atoms with Gasteiger partial charge in [0.25, 0.3) is 0 Å². The third-order valence-electron chi connectivity index (χ3n) is 3.53. The first-order valence-electron chi connectivity index (χ1n) is 7.08. The average molecular weight is 309 g/mol. The number of alkyl halides is 2. The predicted molar refractivity (Wildman–Crippen MR) is 84.3 cm³/mol. The van der Waals surface area contributed by atoms with Crippen LogP contribution in [0.2, 0.25) is 0 Å². The molecule has 0 saturated heterocycles. The molecule has 0 aliphatic carbocycles. The lowest BCUT2D eigenvalue weighted by atomic mass is 9.99. The number of carbonyl (C=O) groups is 1. The Labute approximate surface area is 132 Å². The largest absolute Gasteiger partial charge is 0.351 e. The molecule has 0 fully saturated rings. The summed E-state index contributed by atoms with van der Waals surface area (Å²) in [5.41, 5.74) is 1.24. The van der Waals surface area contributed by atoms with Gasteiger partial charge in [-0.3, -0.25) is 9.78 Å². The molecule has 3 aromatic rings. The highest BCUT2D eigenvalue weighted by Crippen LogP contribution is 2.31. The van der Waals surface area contributed by atoms with Crippen LogP contribution in [0.1, 0.15) is 16.1 Å². The highest BCUT2D eigenvalue weighted by molar-refractivity contribution is 6.01. The second kappa shape index (κ2) is 6.08. The Morgan fingerprint density at radius 1 is 0.783 bits per heavy atom. The molecule has 0 N–H and O–H groups in total. The monoisotopic (exact) mass is 309 g/mol. The maximum absolute atomic E-state index is 14.2. The summed E-state index contributed by atoms with van der Waals surface area (Å²) in [6, 6.07) is 19.8. The van der Waals surface area contributed by atoms with Crippen molar-refractivity contribution in [1.82, 2.24) is 4.98 Å². The van der Waals surface area contributed by atoms with Crippen molar-refractivity contribution in [3.63, 3.8) is 0 Å². The lowest BCUT2D eigenvalue weighted by molar-refractivity contribution is 0.00467. The van der Waals surface area contributed by atoms with Crippen molar-refractivity contribution in [2.24, 2.45) is 0 Å². The zero-order chi connectivity index (χ0) is 16.3. The minimum absolute atomic E-state index is 0.0414. The van der Waals surface area contributed by atoms with Crippen molar-refractivity contribution in [2.75, 3.05) is 0 Å². The van der Waals surface area contributed by atoms with Crippen LogP contribution >= 0.6 is 0 Å². The van der Waals surface area contributed by atoms with E-state index >= 15 is 0 Å². The molecule has 2 aromatic carbocycles. The van der Waals surface area contributed by atoms with E-state index in [-0.39, 0.29) is 5.56 Å². The summed E-state index contributed by atoms with van der Waals surface area (Å²) in [6.45, 7) is 0. The Bertz CT molecular complexity index is 800. The molecule has 2 nitrogen and oxygen atoms in total. The molecule has 0 aliphatic heterocycles. The molecule has 1 aromatic heterocycles. The molecule has 114 valence electrons. The Hall–Kier alpha value is -2.88. The third kappa shape index (κ3) is 3.01. The molecule has 0 unspecified atom stereocenters. The van der Waals surface area contributed by atoms with Gasteiger partial charge in [0, 0.05) is 11.8 Å². The number of ketones is 1. The Morgan fingerprint density at radius 3 is 2.00 bits per heavy atom. The zero-order valence-electron chi connectivity index (χ0n) is 12.1. The number of aromatic nitrogens is 1. The van der Waals surface area contributed by atoms with Gasteiger partial charge >= 0.3 is 5.92 Å². The van der Waals surface area contributed by atoms with E-state index in [1.54, 1.807) is 12.1 Å². The van der Waals surface area contributed by atoms with E-state index in [2.05, 4.69) is 4.98 Å². The predicted octanol–water partition coefficient (Wildman–Crippen LogP) is 4.72. The van der Waals surface area contributed by atoms with Gasteiger partial charge in [-0.05, 0) is 23.3 Å². The molecule has 0 aliphatic rings. The fourth-order valence-electron chi connectivity index (χ4n) is 2.29. The first-order chi connectivity index (χ1) is 11.1. The maximum atomic E-state index is 14.2. The number of nitrogens with zero attached hydrogens (tertiary/aromatic N) is 1. The summed E-state index contributed by atoms with van der Waals surface area (Å²) >= 11 is 0. The van der Waals surface area contributed by atoms with Gasteiger partial charge in [-0.1, -0.05) is 60.7 Å². The SMILES string of the molecule is O=C(c1ccc(-c2ccccc2)cc1)C(F)(F)c1ccccn1. The van der Waals surface area contributed by atoms with Gasteiger partial charge in [0.2, 0.25) is 5.78 Å². The van der Waals surface area contributed by atoms with Crippen LogP contribution in [-0.2, 0) is 5.92 Å². The zero-order valence-corrected chi connectivity index (χ0v) is 12.1. The Balaban J connectivity index is 1.89. The number of Topliss-reactive ketones (excluding diaryl/α,β-unsaturated/α-hetero) is 1. The highest BCUT2D eigenvalue weighted by atomic mass is 19.3. The van der Waals surface area contributed by atoms with Crippen molar-refractivity contribution in [3.8, 4) is 11.1 Å². The van der Waals surface area contributed by atoms with E-state index in [0.717, 1.165) is 17.2 Å². The van der Waals surface area contributed by atoms with Crippen LogP contribution in [0.25, 0.3) is 11.1 Å². The van der Waals surface area contributed by atoms with Gasteiger partial charge in [0.15, 0.2) is 0 Å². The molecular weight excluding hydrogens is 296 g/mol. The minimum Gasteiger partial charge on any atom is -0.287 e. The van der Waals surface area contributed by atoms with Gasteiger partial charge < -0.3 is 0 Å². The quantitative estimate of drug-likeness (QED) is 0.653. The van der Waals surface area contributed by atoms with E-state index in [0.29, 0.717) is 0 Å². The van der Waals surface area contributed by atoms with Crippen LogP contribution in [0.15, 0.2) is 79.0 Å². The summed E-state index contributed by atoms with van der Waals surface area (Å²) < 4.78 is 28.5. The first-order valence-corrected chi connectivity index (χ1v) is 7.08. The molecule has 1 heterocycles. The van der Waals surface area contributed by atoms with Crippen LogP contribution in [0.3, 0.4) is 0 Å².